The molecule has 4 N–H and O–H groups in total. The Morgan fingerprint density at radius 2 is 1.65 bits per heavy atom. The molecule has 3 rings (SSSR count). The van der Waals surface area contributed by atoms with Gasteiger partial charge in [0, 0.05) is 11.3 Å². The molecule has 0 aromatic heterocycles. The molecule has 11 heteroatoms. The molecule has 0 aliphatic rings. The summed E-state index contributed by atoms with van der Waals surface area (Å²) in [6, 6.07) is 19.6. The van der Waals surface area contributed by atoms with Crippen molar-refractivity contribution in [3.05, 3.63) is 89.5 Å². The summed E-state index contributed by atoms with van der Waals surface area (Å²) in [6.07, 6.45) is 0.621. The molecule has 0 fully saturated rings. The number of hydrogen-bond donors (Lipinski definition) is 3. The molecule has 37 heavy (non-hydrogen) atoms. The van der Waals surface area contributed by atoms with Gasteiger partial charge in [-0.2, -0.15) is 8.42 Å². The second-order valence-corrected chi connectivity index (χ2v) is 9.66. The fourth-order valence-corrected chi connectivity index (χ4v) is 3.93. The lowest BCUT2D eigenvalue weighted by Gasteiger charge is -2.17. The average Bonchev–Trinajstić information content (AvgIpc) is 2.86. The first kappa shape index (κ1) is 27.1. The largest absolute Gasteiger partial charge is 0.468 e. The third-order valence-corrected chi connectivity index (χ3v) is 5.78. The lowest BCUT2D eigenvalue weighted by atomic mass is 9.92. The molecular formula is C26H25N3O7S. The van der Waals surface area contributed by atoms with Gasteiger partial charge >= 0.3 is 22.1 Å². The van der Waals surface area contributed by atoms with E-state index in [2.05, 4.69) is 9.50 Å². The number of esters is 1. The van der Waals surface area contributed by atoms with Crippen LogP contribution in [0.1, 0.15) is 21.5 Å². The van der Waals surface area contributed by atoms with Gasteiger partial charge in [0.1, 0.15) is 11.8 Å². The molecule has 0 bridgehead atoms. The molecule has 10 nitrogen and oxygen atoms in total. The molecule has 1 atom stereocenters. The molecule has 0 saturated heterocycles. The van der Waals surface area contributed by atoms with Crippen LogP contribution in [0.5, 0.6) is 0 Å². The van der Waals surface area contributed by atoms with Crippen LogP contribution >= 0.6 is 0 Å². The van der Waals surface area contributed by atoms with Crippen LogP contribution in [0.15, 0.2) is 72.8 Å². The maximum absolute atomic E-state index is 13.0. The molecule has 0 spiro atoms. The molecule has 0 saturated carbocycles. The van der Waals surface area contributed by atoms with Crippen molar-refractivity contribution in [1.82, 2.24) is 0 Å². The van der Waals surface area contributed by atoms with Crippen molar-refractivity contribution in [3.63, 3.8) is 0 Å². The van der Waals surface area contributed by atoms with Gasteiger partial charge < -0.3 is 20.0 Å². The molecule has 3 aromatic rings. The monoisotopic (exact) mass is 523 g/mol. The third kappa shape index (κ3) is 7.24. The number of amides is 1. The normalized spacial score (nSPS) is 11.7. The molecule has 1 amide bonds. The molecule has 0 aliphatic heterocycles. The first-order valence-electron chi connectivity index (χ1n) is 10.9. The number of carbonyl (C=O) groups is 3. The van der Waals surface area contributed by atoms with E-state index in [-0.39, 0.29) is 17.8 Å². The zero-order chi connectivity index (χ0) is 27.2. The summed E-state index contributed by atoms with van der Waals surface area (Å²) in [5.74, 6) is -3.96. The Balaban J connectivity index is 1.93. The Labute approximate surface area is 214 Å². The molecule has 0 aliphatic carbocycles. The van der Waals surface area contributed by atoms with Gasteiger partial charge in [-0.25, -0.2) is 4.79 Å². The van der Waals surface area contributed by atoms with Gasteiger partial charge in [-0.15, -0.1) is 0 Å². The van der Waals surface area contributed by atoms with E-state index in [4.69, 9.17) is 15.9 Å². The number of methoxy groups -OCH3 is 1. The Morgan fingerprint density at radius 1 is 1.00 bits per heavy atom. The summed E-state index contributed by atoms with van der Waals surface area (Å²) in [6.45, 7) is 0. The van der Waals surface area contributed by atoms with E-state index in [9.17, 15) is 22.8 Å². The smallest absolute Gasteiger partial charge is 0.354 e. The van der Waals surface area contributed by atoms with Crippen molar-refractivity contribution < 1.29 is 31.7 Å². The Kier molecular flexibility index (Phi) is 8.41. The van der Waals surface area contributed by atoms with Crippen LogP contribution in [-0.2, 0) is 35.0 Å². The van der Waals surface area contributed by atoms with Crippen molar-refractivity contribution in [2.24, 2.45) is 11.7 Å². The quantitative estimate of drug-likeness (QED) is 0.127. The Morgan fingerprint density at radius 3 is 2.22 bits per heavy atom. The average molecular weight is 524 g/mol. The number of hydrogen-bond acceptors (Lipinski definition) is 8. The summed E-state index contributed by atoms with van der Waals surface area (Å²) in [7, 11) is -2.94. The first-order valence-corrected chi connectivity index (χ1v) is 12.8. The number of amidine groups is 1. The molecule has 1 unspecified atom stereocenters. The maximum atomic E-state index is 13.0. The predicted octanol–water partition coefficient (Wildman–Crippen LogP) is 2.72. The standard InChI is InChI=1S/C26H25N3O7S/c1-35-25(31)22(24(30)29-19-11-9-18(10-12-19)23(27)28)15-16-8-13-20(17-6-4-3-5-7-17)21(14-16)26(32)36-37(2,33)34/h3-14,22H,15H2,1-2H3,(H3,27,28)(H,29,30). The highest BCUT2D eigenvalue weighted by atomic mass is 32.2. The van der Waals surface area contributed by atoms with E-state index in [1.165, 1.54) is 18.2 Å². The van der Waals surface area contributed by atoms with Gasteiger partial charge in [-0.05, 0) is 53.4 Å². The Bertz CT molecular complexity index is 1440. The second kappa shape index (κ2) is 11.5. The van der Waals surface area contributed by atoms with Crippen LogP contribution < -0.4 is 11.1 Å². The summed E-state index contributed by atoms with van der Waals surface area (Å²) < 4.78 is 32.6. The van der Waals surface area contributed by atoms with E-state index < -0.39 is 33.9 Å². The number of nitrogen functional groups attached to an aromatic ring is 1. The minimum atomic E-state index is -4.09. The van der Waals surface area contributed by atoms with E-state index in [0.29, 0.717) is 27.9 Å². The van der Waals surface area contributed by atoms with Gasteiger partial charge in [-0.3, -0.25) is 15.0 Å². The number of carbonyl (C=O) groups excluding carboxylic acids is 3. The molecule has 0 heterocycles. The first-order chi connectivity index (χ1) is 17.5. The van der Waals surface area contributed by atoms with Gasteiger partial charge in [-0.1, -0.05) is 42.5 Å². The fraction of sp³-hybridized carbons (Fsp3) is 0.154. The van der Waals surface area contributed by atoms with Crippen molar-refractivity contribution in [1.29, 1.82) is 5.41 Å². The molecular weight excluding hydrogens is 498 g/mol. The molecule has 3 aromatic carbocycles. The minimum absolute atomic E-state index is 0.0435. The van der Waals surface area contributed by atoms with Crippen LogP contribution in [0.4, 0.5) is 5.69 Å². The van der Waals surface area contributed by atoms with E-state index >= 15 is 0 Å². The Hall–Kier alpha value is -4.51. The van der Waals surface area contributed by atoms with E-state index in [0.717, 1.165) is 13.4 Å². The molecule has 0 radical (unpaired) electrons. The zero-order valence-electron chi connectivity index (χ0n) is 20.1. The van der Waals surface area contributed by atoms with Crippen molar-refractivity contribution in [2.45, 2.75) is 6.42 Å². The van der Waals surface area contributed by atoms with Crippen LogP contribution in [0.25, 0.3) is 11.1 Å². The number of ether oxygens (including phenoxy) is 1. The third-order valence-electron chi connectivity index (χ3n) is 5.32. The zero-order valence-corrected chi connectivity index (χ0v) is 20.9. The molecule has 192 valence electrons. The van der Waals surface area contributed by atoms with Crippen LogP contribution in [0.3, 0.4) is 0 Å². The SMILES string of the molecule is COC(=O)C(Cc1ccc(-c2ccccc2)c(C(=O)OS(C)(=O)=O)c1)C(=O)Nc1ccc(C(=N)N)cc1. The van der Waals surface area contributed by atoms with Crippen LogP contribution in [0, 0.1) is 11.3 Å². The highest BCUT2D eigenvalue weighted by Crippen LogP contribution is 2.27. The summed E-state index contributed by atoms with van der Waals surface area (Å²) >= 11 is 0. The van der Waals surface area contributed by atoms with Crippen molar-refractivity contribution in [3.8, 4) is 11.1 Å². The summed E-state index contributed by atoms with van der Waals surface area (Å²) in [5, 5.41) is 10.1. The van der Waals surface area contributed by atoms with Gasteiger partial charge in [0.25, 0.3) is 0 Å². The van der Waals surface area contributed by atoms with E-state index in [1.807, 2.05) is 0 Å². The minimum Gasteiger partial charge on any atom is -0.468 e. The van der Waals surface area contributed by atoms with Crippen molar-refractivity contribution in [2.75, 3.05) is 18.7 Å². The maximum Gasteiger partial charge on any atom is 0.354 e. The van der Waals surface area contributed by atoms with Crippen LogP contribution in [-0.4, -0.2) is 45.5 Å². The lowest BCUT2D eigenvalue weighted by molar-refractivity contribution is -0.148. The van der Waals surface area contributed by atoms with Gasteiger partial charge in [0.05, 0.1) is 18.9 Å². The van der Waals surface area contributed by atoms with E-state index in [1.54, 1.807) is 54.6 Å². The number of rotatable bonds is 9. The fourth-order valence-electron chi connectivity index (χ4n) is 3.56. The van der Waals surface area contributed by atoms with Crippen molar-refractivity contribution >= 4 is 39.5 Å². The second-order valence-electron chi connectivity index (χ2n) is 8.08. The van der Waals surface area contributed by atoms with Gasteiger partial charge in [0.2, 0.25) is 5.91 Å². The number of nitrogens with one attached hydrogen (secondary N) is 2. The predicted molar refractivity (Wildman–Crippen MR) is 137 cm³/mol. The number of anilines is 1. The highest BCUT2D eigenvalue weighted by molar-refractivity contribution is 7.86. The summed E-state index contributed by atoms with van der Waals surface area (Å²) in [5.41, 5.74) is 7.70. The number of nitrogens with two attached hydrogens (primary N) is 1. The van der Waals surface area contributed by atoms with Gasteiger partial charge in [0.15, 0.2) is 0 Å². The summed E-state index contributed by atoms with van der Waals surface area (Å²) in [4.78, 5) is 38.2. The van der Waals surface area contributed by atoms with Crippen LogP contribution in [0.2, 0.25) is 0 Å². The highest BCUT2D eigenvalue weighted by Gasteiger charge is 2.29. The topological polar surface area (TPSA) is 166 Å². The number of benzene rings is 3. The lowest BCUT2D eigenvalue weighted by Crippen LogP contribution is -2.32.